The highest BCUT2D eigenvalue weighted by Crippen LogP contribution is 2.22. The third-order valence-corrected chi connectivity index (χ3v) is 3.55. The second-order valence-corrected chi connectivity index (χ2v) is 5.20. The Morgan fingerprint density at radius 3 is 2.60 bits per heavy atom. The first-order valence-corrected chi connectivity index (χ1v) is 6.68. The molecule has 2 aromatic rings. The van der Waals surface area contributed by atoms with Crippen molar-refractivity contribution in [2.45, 2.75) is 13.5 Å². The number of hydrogen-bond donors (Lipinski definition) is 1. The van der Waals surface area contributed by atoms with E-state index in [-0.39, 0.29) is 11.4 Å². The van der Waals surface area contributed by atoms with Crippen LogP contribution in [0, 0.1) is 29.9 Å². The predicted molar refractivity (Wildman–Crippen MR) is 77.3 cm³/mol. The summed E-state index contributed by atoms with van der Waals surface area (Å²) < 4.78 is 27.1. The maximum absolute atomic E-state index is 13.6. The maximum atomic E-state index is 13.6. The third kappa shape index (κ3) is 3.14. The molecule has 0 fully saturated rings. The number of nitrogens with one attached hydrogen (secondary N) is 1. The van der Waals surface area contributed by atoms with Gasteiger partial charge in [0.25, 0.3) is 0 Å². The Balaban J connectivity index is 2.20. The van der Waals surface area contributed by atoms with E-state index < -0.39 is 5.82 Å². The molecule has 0 amide bonds. The van der Waals surface area contributed by atoms with E-state index in [0.29, 0.717) is 22.3 Å². The van der Waals surface area contributed by atoms with Gasteiger partial charge in [-0.25, -0.2) is 8.78 Å². The summed E-state index contributed by atoms with van der Waals surface area (Å²) in [4.78, 5) is 0. The van der Waals surface area contributed by atoms with Crippen LogP contribution in [0.15, 0.2) is 34.8 Å². The van der Waals surface area contributed by atoms with Crippen molar-refractivity contribution in [1.29, 1.82) is 5.26 Å². The Kier molecular flexibility index (Phi) is 4.35. The molecular weight excluding hydrogens is 326 g/mol. The van der Waals surface area contributed by atoms with E-state index in [2.05, 4.69) is 21.2 Å². The number of hydrogen-bond acceptors (Lipinski definition) is 2. The van der Waals surface area contributed by atoms with Gasteiger partial charge < -0.3 is 5.32 Å². The molecule has 0 unspecified atom stereocenters. The highest BCUT2D eigenvalue weighted by Gasteiger charge is 2.07. The van der Waals surface area contributed by atoms with Crippen LogP contribution in [-0.4, -0.2) is 0 Å². The summed E-state index contributed by atoms with van der Waals surface area (Å²) in [5.74, 6) is -0.755. The van der Waals surface area contributed by atoms with E-state index in [4.69, 9.17) is 5.26 Å². The molecule has 2 nitrogen and oxygen atoms in total. The molecule has 20 heavy (non-hydrogen) atoms. The highest BCUT2D eigenvalue weighted by molar-refractivity contribution is 9.10. The summed E-state index contributed by atoms with van der Waals surface area (Å²) in [7, 11) is 0. The predicted octanol–water partition coefficient (Wildman–Crippen LogP) is 4.52. The molecule has 0 aromatic heterocycles. The minimum absolute atomic E-state index is 0.260. The molecule has 0 aliphatic heterocycles. The van der Waals surface area contributed by atoms with E-state index in [1.165, 1.54) is 12.1 Å². The van der Waals surface area contributed by atoms with Crippen molar-refractivity contribution in [2.75, 3.05) is 5.32 Å². The molecule has 0 saturated carbocycles. The summed E-state index contributed by atoms with van der Waals surface area (Å²) in [5.41, 5.74) is 2.11. The van der Waals surface area contributed by atoms with Gasteiger partial charge in [-0.3, -0.25) is 0 Å². The van der Waals surface area contributed by atoms with Crippen LogP contribution >= 0.6 is 15.9 Å². The van der Waals surface area contributed by atoms with E-state index in [1.807, 2.05) is 6.07 Å². The molecule has 0 spiro atoms. The molecule has 102 valence electrons. The Morgan fingerprint density at radius 2 is 1.95 bits per heavy atom. The standard InChI is InChI=1S/C15H11BrF2N2/c1-9-14(18)5-11(7-19)6-15(9)20-8-10-2-3-13(17)12(16)4-10/h2-6,20H,8H2,1H3. The normalized spacial score (nSPS) is 10.2. The zero-order valence-corrected chi connectivity index (χ0v) is 12.3. The molecule has 1 N–H and O–H groups in total. The van der Waals surface area contributed by atoms with Crippen LogP contribution in [0.2, 0.25) is 0 Å². The second kappa shape index (κ2) is 6.02. The van der Waals surface area contributed by atoms with Crippen LogP contribution in [0.25, 0.3) is 0 Å². The second-order valence-electron chi connectivity index (χ2n) is 4.34. The number of benzene rings is 2. The Hall–Kier alpha value is -1.93. The largest absolute Gasteiger partial charge is 0.381 e. The average molecular weight is 337 g/mol. The van der Waals surface area contributed by atoms with Crippen LogP contribution in [0.5, 0.6) is 0 Å². The maximum Gasteiger partial charge on any atom is 0.137 e. The first-order valence-electron chi connectivity index (χ1n) is 5.89. The molecule has 0 radical (unpaired) electrons. The minimum Gasteiger partial charge on any atom is -0.381 e. The van der Waals surface area contributed by atoms with Gasteiger partial charge in [0.15, 0.2) is 0 Å². The van der Waals surface area contributed by atoms with Crippen LogP contribution in [0.3, 0.4) is 0 Å². The quantitative estimate of drug-likeness (QED) is 0.894. The van der Waals surface area contributed by atoms with Gasteiger partial charge in [-0.1, -0.05) is 6.07 Å². The fraction of sp³-hybridized carbons (Fsp3) is 0.133. The summed E-state index contributed by atoms with van der Waals surface area (Å²) in [6.45, 7) is 2.05. The van der Waals surface area contributed by atoms with Gasteiger partial charge in [0.2, 0.25) is 0 Å². The molecule has 2 rings (SSSR count). The lowest BCUT2D eigenvalue weighted by atomic mass is 10.1. The SMILES string of the molecule is Cc1c(F)cc(C#N)cc1NCc1ccc(F)c(Br)c1. The molecule has 2 aromatic carbocycles. The third-order valence-electron chi connectivity index (χ3n) is 2.94. The summed E-state index contributed by atoms with van der Waals surface area (Å²) in [5, 5.41) is 11.9. The van der Waals surface area contributed by atoms with Crippen LogP contribution in [-0.2, 0) is 6.54 Å². The first-order chi connectivity index (χ1) is 9.51. The Bertz CT molecular complexity index is 693. The van der Waals surface area contributed by atoms with Gasteiger partial charge in [-0.05, 0) is 52.7 Å². The van der Waals surface area contributed by atoms with Gasteiger partial charge in [0, 0.05) is 17.8 Å². The zero-order valence-electron chi connectivity index (χ0n) is 10.7. The monoisotopic (exact) mass is 336 g/mol. The first kappa shape index (κ1) is 14.5. The average Bonchev–Trinajstić information content (AvgIpc) is 2.44. The van der Waals surface area contributed by atoms with E-state index in [1.54, 1.807) is 25.1 Å². The van der Waals surface area contributed by atoms with E-state index in [9.17, 15) is 8.78 Å². The van der Waals surface area contributed by atoms with Gasteiger partial charge in [0.05, 0.1) is 16.1 Å². The lowest BCUT2D eigenvalue weighted by Gasteiger charge is -2.11. The number of halogens is 3. The summed E-state index contributed by atoms with van der Waals surface area (Å²) in [6, 6.07) is 9.37. The molecule has 0 aliphatic carbocycles. The minimum atomic E-state index is -0.424. The molecular formula is C15H11BrF2N2. The molecule has 0 saturated heterocycles. The van der Waals surface area contributed by atoms with Crippen molar-refractivity contribution in [3.05, 3.63) is 63.1 Å². The fourth-order valence-electron chi connectivity index (χ4n) is 1.77. The van der Waals surface area contributed by atoms with Crippen molar-refractivity contribution in [2.24, 2.45) is 0 Å². The van der Waals surface area contributed by atoms with Crippen LogP contribution in [0.1, 0.15) is 16.7 Å². The van der Waals surface area contributed by atoms with Crippen molar-refractivity contribution in [1.82, 2.24) is 0 Å². The Labute approximate surface area is 124 Å². The molecule has 0 atom stereocenters. The van der Waals surface area contributed by atoms with E-state index in [0.717, 1.165) is 5.56 Å². The molecule has 0 bridgehead atoms. The van der Waals surface area contributed by atoms with Crippen molar-refractivity contribution in [3.63, 3.8) is 0 Å². The van der Waals surface area contributed by atoms with Gasteiger partial charge in [-0.2, -0.15) is 5.26 Å². The lowest BCUT2D eigenvalue weighted by molar-refractivity contribution is 0.618. The van der Waals surface area contributed by atoms with E-state index >= 15 is 0 Å². The van der Waals surface area contributed by atoms with Gasteiger partial charge in [-0.15, -0.1) is 0 Å². The van der Waals surface area contributed by atoms with Crippen molar-refractivity contribution >= 4 is 21.6 Å². The van der Waals surface area contributed by atoms with Crippen molar-refractivity contribution in [3.8, 4) is 6.07 Å². The fourth-order valence-corrected chi connectivity index (χ4v) is 2.20. The topological polar surface area (TPSA) is 35.8 Å². The number of nitriles is 1. The number of anilines is 1. The summed E-state index contributed by atoms with van der Waals surface area (Å²) in [6.07, 6.45) is 0. The van der Waals surface area contributed by atoms with Gasteiger partial charge >= 0.3 is 0 Å². The molecule has 0 heterocycles. The van der Waals surface area contributed by atoms with Crippen LogP contribution in [0.4, 0.5) is 14.5 Å². The zero-order chi connectivity index (χ0) is 14.7. The lowest BCUT2D eigenvalue weighted by Crippen LogP contribution is -2.03. The molecule has 5 heteroatoms. The highest BCUT2D eigenvalue weighted by atomic mass is 79.9. The Morgan fingerprint density at radius 1 is 1.20 bits per heavy atom. The molecule has 0 aliphatic rings. The van der Waals surface area contributed by atoms with Crippen LogP contribution < -0.4 is 5.32 Å². The number of rotatable bonds is 3. The number of nitrogens with zero attached hydrogens (tertiary/aromatic N) is 1. The van der Waals surface area contributed by atoms with Crippen molar-refractivity contribution < 1.29 is 8.78 Å². The summed E-state index contributed by atoms with van der Waals surface area (Å²) >= 11 is 3.12. The smallest absolute Gasteiger partial charge is 0.137 e. The van der Waals surface area contributed by atoms with Gasteiger partial charge in [0.1, 0.15) is 11.6 Å².